The number of phenolic OH excluding ortho intramolecular Hbond substituents is 1. The number of likely N-dealkylation sites (tertiary alicyclic amines) is 2. The van der Waals surface area contributed by atoms with Crippen LogP contribution in [0.1, 0.15) is 241 Å². The van der Waals surface area contributed by atoms with Crippen LogP contribution in [0.2, 0.25) is 0 Å². The van der Waals surface area contributed by atoms with Gasteiger partial charge in [-0.1, -0.05) is 32.1 Å². The van der Waals surface area contributed by atoms with Crippen molar-refractivity contribution in [2.75, 3.05) is 77.3 Å². The molecule has 2 bridgehead atoms. The Labute approximate surface area is 503 Å². The summed E-state index contributed by atoms with van der Waals surface area (Å²) in [6, 6.07) is 7.17. The van der Waals surface area contributed by atoms with E-state index in [0.29, 0.717) is 55.5 Å². The Balaban J connectivity index is 0.000000201. The lowest BCUT2D eigenvalue weighted by molar-refractivity contribution is -0.0637. The molecule has 8 rings (SSSR count). The van der Waals surface area contributed by atoms with Crippen molar-refractivity contribution in [3.8, 4) is 5.75 Å². The normalized spacial score (nSPS) is 31.0. The summed E-state index contributed by atoms with van der Waals surface area (Å²) in [6.07, 6.45) is 17.4. The SMILES string of the molecule is CC(C)(C)OCCC12CCCCC1(CO)CN(C(C)(C)C)C2.CC(C)(C)OCCC12CCCCCC1(CO)CN(C(C)(C)C)C2.CC(C)OCC1C(CO)C2CCC1N2C(C)(C)C.CC(C)OCC1Cc2cc(O)ccc2N1C(C)(C)C. The Morgan fingerprint density at radius 1 is 0.524 bits per heavy atom. The van der Waals surface area contributed by atoms with Crippen LogP contribution in [-0.2, 0) is 25.4 Å². The van der Waals surface area contributed by atoms with Crippen LogP contribution in [-0.4, -0.2) is 171 Å². The molecular weight excluding hydrogens is 1020 g/mol. The molecule has 0 spiro atoms. The first-order valence-corrected chi connectivity index (χ1v) is 33.0. The van der Waals surface area contributed by atoms with Gasteiger partial charge in [-0.25, -0.2) is 0 Å². The topological polar surface area (TPSA) is 131 Å². The van der Waals surface area contributed by atoms with Crippen LogP contribution in [0, 0.1) is 33.5 Å². The number of benzene rings is 1. The number of fused-ring (bicyclic) bond motifs is 5. The van der Waals surface area contributed by atoms with Crippen molar-refractivity contribution in [3.63, 3.8) is 0 Å². The van der Waals surface area contributed by atoms with Crippen LogP contribution < -0.4 is 4.90 Å². The predicted octanol–water partition coefficient (Wildman–Crippen LogP) is 13.7. The Kier molecular flexibility index (Phi) is 24.2. The number of aromatic hydroxyl groups is 1. The molecule has 5 heterocycles. The van der Waals surface area contributed by atoms with Crippen molar-refractivity contribution in [2.45, 2.75) is 306 Å². The van der Waals surface area contributed by atoms with Gasteiger partial charge in [0, 0.05) is 109 Å². The van der Waals surface area contributed by atoms with Crippen LogP contribution in [0.3, 0.4) is 0 Å². The molecule has 9 unspecified atom stereocenters. The van der Waals surface area contributed by atoms with E-state index in [1.54, 1.807) is 6.07 Å². The summed E-state index contributed by atoms with van der Waals surface area (Å²) in [6.45, 7) is 56.9. The van der Waals surface area contributed by atoms with E-state index in [0.717, 1.165) is 71.9 Å². The average Bonchev–Trinajstić information content (AvgIpc) is 4.37. The highest BCUT2D eigenvalue weighted by atomic mass is 16.5. The number of aliphatic hydroxyl groups is 3. The highest BCUT2D eigenvalue weighted by Crippen LogP contribution is 2.60. The van der Waals surface area contributed by atoms with Crippen LogP contribution in [0.5, 0.6) is 5.75 Å². The number of hydrogen-bond donors (Lipinski definition) is 4. The molecule has 12 heteroatoms. The number of anilines is 1. The number of nitrogens with zero attached hydrogens (tertiary/aromatic N) is 4. The number of phenols is 1. The summed E-state index contributed by atoms with van der Waals surface area (Å²) in [4.78, 5) is 10.3. The molecule has 82 heavy (non-hydrogen) atoms. The third-order valence-corrected chi connectivity index (χ3v) is 20.4. The minimum absolute atomic E-state index is 0.0488. The fourth-order valence-electron chi connectivity index (χ4n) is 16.2. The van der Waals surface area contributed by atoms with Crippen molar-refractivity contribution in [3.05, 3.63) is 23.8 Å². The van der Waals surface area contributed by atoms with Gasteiger partial charge in [0.15, 0.2) is 0 Å². The van der Waals surface area contributed by atoms with Gasteiger partial charge >= 0.3 is 0 Å². The third-order valence-electron chi connectivity index (χ3n) is 20.4. The lowest BCUT2D eigenvalue weighted by Gasteiger charge is -2.48. The van der Waals surface area contributed by atoms with Gasteiger partial charge in [0.2, 0.25) is 0 Å². The van der Waals surface area contributed by atoms with Crippen LogP contribution in [0.4, 0.5) is 5.69 Å². The van der Waals surface area contributed by atoms with E-state index in [4.69, 9.17) is 18.9 Å². The van der Waals surface area contributed by atoms with Crippen molar-refractivity contribution in [1.29, 1.82) is 0 Å². The van der Waals surface area contributed by atoms with E-state index in [1.807, 2.05) is 12.1 Å². The average molecular weight is 1160 g/mol. The molecule has 0 amide bonds. The second-order valence-corrected chi connectivity index (χ2v) is 33.5. The molecule has 5 aliphatic heterocycles. The summed E-state index contributed by atoms with van der Waals surface area (Å²) in [5.41, 5.74) is 3.49. The molecule has 2 saturated carbocycles. The Bertz CT molecular complexity index is 2090. The Hall–Kier alpha value is -1.58. The van der Waals surface area contributed by atoms with Crippen LogP contribution in [0.15, 0.2) is 18.2 Å². The molecule has 1 aromatic carbocycles. The van der Waals surface area contributed by atoms with Gasteiger partial charge in [0.1, 0.15) is 5.75 Å². The van der Waals surface area contributed by atoms with Gasteiger partial charge < -0.3 is 44.3 Å². The third kappa shape index (κ3) is 17.6. The Morgan fingerprint density at radius 3 is 1.33 bits per heavy atom. The van der Waals surface area contributed by atoms with Crippen molar-refractivity contribution in [1.82, 2.24) is 14.7 Å². The molecule has 7 aliphatic rings. The molecule has 12 nitrogen and oxygen atoms in total. The lowest BCUT2D eigenvalue weighted by atomic mass is 9.57. The summed E-state index contributed by atoms with van der Waals surface area (Å²) in [5.74, 6) is 1.26. The van der Waals surface area contributed by atoms with Crippen LogP contribution >= 0.6 is 0 Å². The van der Waals surface area contributed by atoms with Crippen molar-refractivity contribution in [2.24, 2.45) is 33.5 Å². The molecule has 1 aromatic rings. The minimum atomic E-state index is -0.0778. The maximum Gasteiger partial charge on any atom is 0.116 e. The number of rotatable bonds is 15. The monoisotopic (exact) mass is 1150 g/mol. The highest BCUT2D eigenvalue weighted by Gasteiger charge is 2.61. The summed E-state index contributed by atoms with van der Waals surface area (Å²) < 4.78 is 23.8. The maximum atomic E-state index is 10.4. The van der Waals surface area contributed by atoms with E-state index < -0.39 is 0 Å². The smallest absolute Gasteiger partial charge is 0.116 e. The Morgan fingerprint density at radius 2 is 0.939 bits per heavy atom. The minimum Gasteiger partial charge on any atom is -0.508 e. The highest BCUT2D eigenvalue weighted by molar-refractivity contribution is 5.63. The molecule has 0 radical (unpaired) electrons. The van der Waals surface area contributed by atoms with Crippen LogP contribution in [0.25, 0.3) is 0 Å². The molecule has 9 atom stereocenters. The first-order chi connectivity index (χ1) is 37.7. The molecule has 6 fully saturated rings. The molecule has 0 aromatic heterocycles. The zero-order valence-electron chi connectivity index (χ0n) is 57.2. The molecule has 4 N–H and O–H groups in total. The van der Waals surface area contributed by atoms with E-state index in [1.165, 1.54) is 81.9 Å². The van der Waals surface area contributed by atoms with Gasteiger partial charge in [-0.15, -0.1) is 0 Å². The zero-order chi connectivity index (χ0) is 61.7. The zero-order valence-corrected chi connectivity index (χ0v) is 57.2. The predicted molar refractivity (Wildman–Crippen MR) is 341 cm³/mol. The first kappa shape index (κ1) is 71.2. The van der Waals surface area contributed by atoms with Gasteiger partial charge in [-0.3, -0.25) is 14.7 Å². The number of aliphatic hydroxyl groups excluding tert-OH is 3. The number of ether oxygens (including phenoxy) is 4. The molecule has 4 saturated heterocycles. The first-order valence-electron chi connectivity index (χ1n) is 33.0. The fraction of sp³-hybridized carbons (Fsp3) is 0.914. The second-order valence-electron chi connectivity index (χ2n) is 33.5. The molecule has 2 aliphatic carbocycles. The van der Waals surface area contributed by atoms with Gasteiger partial charge in [0.25, 0.3) is 0 Å². The fourth-order valence-corrected chi connectivity index (χ4v) is 16.2. The summed E-state index contributed by atoms with van der Waals surface area (Å²) in [7, 11) is 0. The van der Waals surface area contributed by atoms with Gasteiger partial charge in [0.05, 0.1) is 55.9 Å². The molecular formula is C70H130N4O8. The summed E-state index contributed by atoms with van der Waals surface area (Å²) in [5, 5.41) is 40.1. The van der Waals surface area contributed by atoms with E-state index in [-0.39, 0.29) is 67.2 Å². The van der Waals surface area contributed by atoms with E-state index >= 15 is 0 Å². The number of hydrogen-bond acceptors (Lipinski definition) is 12. The molecule has 478 valence electrons. The van der Waals surface area contributed by atoms with E-state index in [2.05, 4.69) is 172 Å². The van der Waals surface area contributed by atoms with E-state index in [9.17, 15) is 20.4 Å². The second kappa shape index (κ2) is 27.9. The summed E-state index contributed by atoms with van der Waals surface area (Å²) >= 11 is 0. The van der Waals surface area contributed by atoms with Crippen molar-refractivity contribution >= 4 is 5.69 Å². The quantitative estimate of drug-likeness (QED) is 0.133. The maximum absolute atomic E-state index is 10.4. The largest absolute Gasteiger partial charge is 0.508 e. The lowest BCUT2D eigenvalue weighted by Crippen LogP contribution is -2.48. The standard InChI is InChI=1S/C20H39NO2.C19H37NO2.C16H25NO2.C15H29NO2/c1-17(2,3)21-14-19(12-13-23-18(4,5)6)10-8-7-9-11-20(19,15-21)16-22;1-16(2,3)20-13-18(11-12-22-17(4,5)6)9-7-8-10-19(18,14-20)15-21;1-11(2)19-10-13-8-12-9-14(18)6-7-15(12)17(13)16(3,4)5;1-10(2)18-9-12-11(8-17)13-6-7-14(12)16(13)15(3,4)5/h22H,7-16H2,1-6H3;21H,7-15H2,1-6H3;6-7,9,11,13,18H,8,10H2,1-5H3;10-14,17H,6-9H2,1-5H3. The van der Waals surface area contributed by atoms with Gasteiger partial charge in [-0.05, 0) is 245 Å². The van der Waals surface area contributed by atoms with Gasteiger partial charge in [-0.2, -0.15) is 0 Å². The van der Waals surface area contributed by atoms with Crippen molar-refractivity contribution < 1.29 is 39.4 Å².